The SMILES string of the molecule is CCCCCCCCCNC(=O)c1ccc(S(=O)(=O)N2CCN(C(C)=O)CC2)cc1. The van der Waals surface area contributed by atoms with Gasteiger partial charge in [-0.3, -0.25) is 9.59 Å². The Balaban J connectivity index is 1.79. The maximum atomic E-state index is 12.8. The summed E-state index contributed by atoms with van der Waals surface area (Å²) in [7, 11) is -3.62. The van der Waals surface area contributed by atoms with Crippen LogP contribution in [0.5, 0.6) is 0 Å². The Kier molecular flexibility index (Phi) is 9.78. The fourth-order valence-corrected chi connectivity index (χ4v) is 4.98. The lowest BCUT2D eigenvalue weighted by Gasteiger charge is -2.33. The first-order chi connectivity index (χ1) is 14.4. The summed E-state index contributed by atoms with van der Waals surface area (Å²) < 4.78 is 27.0. The third-order valence-corrected chi connectivity index (χ3v) is 7.42. The van der Waals surface area contributed by atoms with E-state index in [-0.39, 0.29) is 29.8 Å². The van der Waals surface area contributed by atoms with E-state index in [1.54, 1.807) is 17.0 Å². The highest BCUT2D eigenvalue weighted by Gasteiger charge is 2.29. The molecule has 1 aliphatic rings. The number of sulfonamides is 1. The quantitative estimate of drug-likeness (QED) is 0.539. The molecule has 1 fully saturated rings. The first kappa shape index (κ1) is 24.3. The van der Waals surface area contributed by atoms with Gasteiger partial charge in [-0.15, -0.1) is 0 Å². The number of nitrogens with one attached hydrogen (secondary N) is 1. The third kappa shape index (κ3) is 7.09. The van der Waals surface area contributed by atoms with E-state index in [0.29, 0.717) is 25.2 Å². The van der Waals surface area contributed by atoms with Crippen LogP contribution in [-0.2, 0) is 14.8 Å². The number of nitrogens with zero attached hydrogens (tertiary/aromatic N) is 2. The second-order valence-electron chi connectivity index (χ2n) is 7.81. The van der Waals surface area contributed by atoms with Gasteiger partial charge in [-0.1, -0.05) is 45.4 Å². The molecule has 1 aliphatic heterocycles. The Labute approximate surface area is 180 Å². The van der Waals surface area contributed by atoms with Crippen LogP contribution in [0.3, 0.4) is 0 Å². The number of carbonyl (C=O) groups is 2. The van der Waals surface area contributed by atoms with Gasteiger partial charge in [0.2, 0.25) is 15.9 Å². The Bertz CT molecular complexity index is 785. The minimum atomic E-state index is -3.62. The number of hydrogen-bond donors (Lipinski definition) is 1. The highest BCUT2D eigenvalue weighted by atomic mass is 32.2. The summed E-state index contributed by atoms with van der Waals surface area (Å²) in [5.74, 6) is -0.223. The smallest absolute Gasteiger partial charge is 0.251 e. The maximum Gasteiger partial charge on any atom is 0.251 e. The molecule has 0 unspecified atom stereocenters. The molecule has 0 spiro atoms. The van der Waals surface area contributed by atoms with Crippen LogP contribution in [0.25, 0.3) is 0 Å². The lowest BCUT2D eigenvalue weighted by molar-refractivity contribution is -0.129. The zero-order chi connectivity index (χ0) is 22.0. The lowest BCUT2D eigenvalue weighted by atomic mass is 10.1. The van der Waals surface area contributed by atoms with Crippen LogP contribution < -0.4 is 5.32 Å². The van der Waals surface area contributed by atoms with Crippen molar-refractivity contribution in [2.24, 2.45) is 0 Å². The predicted octanol–water partition coefficient (Wildman–Crippen LogP) is 3.02. The summed E-state index contributed by atoms with van der Waals surface area (Å²) >= 11 is 0. The molecule has 0 bridgehead atoms. The molecule has 2 amide bonds. The second kappa shape index (κ2) is 12.1. The molecule has 1 aromatic rings. The van der Waals surface area contributed by atoms with Crippen LogP contribution in [0.1, 0.15) is 69.2 Å². The molecule has 0 aliphatic carbocycles. The predicted molar refractivity (Wildman–Crippen MR) is 118 cm³/mol. The van der Waals surface area contributed by atoms with E-state index in [1.807, 2.05) is 0 Å². The first-order valence-electron chi connectivity index (χ1n) is 11.0. The van der Waals surface area contributed by atoms with E-state index in [9.17, 15) is 18.0 Å². The lowest BCUT2D eigenvalue weighted by Crippen LogP contribution is -2.49. The van der Waals surface area contributed by atoms with Crippen molar-refractivity contribution >= 4 is 21.8 Å². The molecule has 7 nitrogen and oxygen atoms in total. The van der Waals surface area contributed by atoms with Crippen LogP contribution in [0.2, 0.25) is 0 Å². The van der Waals surface area contributed by atoms with E-state index in [2.05, 4.69) is 12.2 Å². The normalized spacial score (nSPS) is 15.2. The van der Waals surface area contributed by atoms with Crippen molar-refractivity contribution in [2.45, 2.75) is 63.7 Å². The van der Waals surface area contributed by atoms with Crippen LogP contribution in [0, 0.1) is 0 Å². The molecule has 1 heterocycles. The number of amides is 2. The summed E-state index contributed by atoms with van der Waals surface area (Å²) in [5, 5.41) is 2.90. The van der Waals surface area contributed by atoms with E-state index in [4.69, 9.17) is 0 Å². The Morgan fingerprint density at radius 1 is 0.900 bits per heavy atom. The van der Waals surface area contributed by atoms with Crippen LogP contribution in [0.4, 0.5) is 0 Å². The molecule has 8 heteroatoms. The number of benzene rings is 1. The van der Waals surface area contributed by atoms with Crippen molar-refractivity contribution in [1.29, 1.82) is 0 Å². The van der Waals surface area contributed by atoms with Gasteiger partial charge < -0.3 is 10.2 Å². The van der Waals surface area contributed by atoms with E-state index < -0.39 is 10.0 Å². The fourth-order valence-electron chi connectivity index (χ4n) is 3.56. The van der Waals surface area contributed by atoms with Gasteiger partial charge in [0.1, 0.15) is 0 Å². The minimum absolute atomic E-state index is 0.0427. The zero-order valence-electron chi connectivity index (χ0n) is 18.2. The van der Waals surface area contributed by atoms with Crippen LogP contribution in [-0.4, -0.2) is 62.2 Å². The maximum absolute atomic E-state index is 12.8. The van der Waals surface area contributed by atoms with Crippen molar-refractivity contribution in [3.05, 3.63) is 29.8 Å². The number of unbranched alkanes of at least 4 members (excludes halogenated alkanes) is 6. The minimum Gasteiger partial charge on any atom is -0.352 e. The first-order valence-corrected chi connectivity index (χ1v) is 12.4. The Hall–Kier alpha value is -1.93. The van der Waals surface area contributed by atoms with Crippen LogP contribution >= 0.6 is 0 Å². The average Bonchev–Trinajstić information content (AvgIpc) is 2.75. The topological polar surface area (TPSA) is 86.8 Å². The van der Waals surface area contributed by atoms with Gasteiger partial charge >= 0.3 is 0 Å². The van der Waals surface area contributed by atoms with Crippen molar-refractivity contribution in [3.8, 4) is 0 Å². The van der Waals surface area contributed by atoms with Gasteiger partial charge in [-0.25, -0.2) is 8.42 Å². The molecule has 30 heavy (non-hydrogen) atoms. The largest absolute Gasteiger partial charge is 0.352 e. The standard InChI is InChI=1S/C22H35N3O4S/c1-3-4-5-6-7-8-9-14-23-22(27)20-10-12-21(13-11-20)30(28,29)25-17-15-24(16-18-25)19(2)26/h10-13H,3-9,14-18H2,1-2H3,(H,23,27). The molecule has 168 valence electrons. The highest BCUT2D eigenvalue weighted by Crippen LogP contribution is 2.18. The molecule has 0 aromatic heterocycles. The molecule has 2 rings (SSSR count). The van der Waals surface area contributed by atoms with Gasteiger partial charge in [0, 0.05) is 45.2 Å². The summed E-state index contributed by atoms with van der Waals surface area (Å²) in [6.45, 7) is 5.68. The molecule has 1 N–H and O–H groups in total. The molecule has 1 aromatic carbocycles. The number of carbonyl (C=O) groups excluding carboxylic acids is 2. The molecule has 1 saturated heterocycles. The van der Waals surface area contributed by atoms with Crippen LogP contribution in [0.15, 0.2) is 29.2 Å². The molecule has 0 atom stereocenters. The van der Waals surface area contributed by atoms with Crippen molar-refractivity contribution in [3.63, 3.8) is 0 Å². The van der Waals surface area contributed by atoms with Gasteiger partial charge in [-0.05, 0) is 30.7 Å². The summed E-state index contributed by atoms with van der Waals surface area (Å²) in [6.07, 6.45) is 8.33. The second-order valence-corrected chi connectivity index (χ2v) is 9.75. The fraction of sp³-hybridized carbons (Fsp3) is 0.636. The van der Waals surface area contributed by atoms with E-state index >= 15 is 0 Å². The van der Waals surface area contributed by atoms with Crippen molar-refractivity contribution in [1.82, 2.24) is 14.5 Å². The Morgan fingerprint density at radius 2 is 1.47 bits per heavy atom. The summed E-state index contributed by atoms with van der Waals surface area (Å²) in [4.78, 5) is 25.5. The van der Waals surface area contributed by atoms with Gasteiger partial charge in [0.15, 0.2) is 0 Å². The van der Waals surface area contributed by atoms with E-state index in [0.717, 1.165) is 12.8 Å². The van der Waals surface area contributed by atoms with Crippen molar-refractivity contribution < 1.29 is 18.0 Å². The zero-order valence-corrected chi connectivity index (χ0v) is 19.0. The molecular weight excluding hydrogens is 402 g/mol. The molecule has 0 saturated carbocycles. The highest BCUT2D eigenvalue weighted by molar-refractivity contribution is 7.89. The molecule has 0 radical (unpaired) electrons. The summed E-state index contributed by atoms with van der Waals surface area (Å²) in [5.41, 5.74) is 0.457. The molecular formula is C22H35N3O4S. The number of hydrogen-bond acceptors (Lipinski definition) is 4. The monoisotopic (exact) mass is 437 g/mol. The van der Waals surface area contributed by atoms with E-state index in [1.165, 1.54) is 55.5 Å². The summed E-state index contributed by atoms with van der Waals surface area (Å²) in [6, 6.07) is 6.07. The van der Waals surface area contributed by atoms with Crippen molar-refractivity contribution in [2.75, 3.05) is 32.7 Å². The van der Waals surface area contributed by atoms with Gasteiger partial charge in [0.25, 0.3) is 5.91 Å². The van der Waals surface area contributed by atoms with Gasteiger partial charge in [0.05, 0.1) is 4.90 Å². The number of piperazine rings is 1. The average molecular weight is 438 g/mol. The number of rotatable bonds is 11. The van der Waals surface area contributed by atoms with Gasteiger partial charge in [-0.2, -0.15) is 4.31 Å². The Morgan fingerprint density at radius 3 is 2.03 bits per heavy atom. The third-order valence-electron chi connectivity index (χ3n) is 5.50.